The van der Waals surface area contributed by atoms with Gasteiger partial charge in [0.25, 0.3) is 5.91 Å². The number of carbonyl (C=O) groups excluding carboxylic acids is 1. The fraction of sp³-hybridized carbons (Fsp3) is 0.190. The number of aryl methyl sites for hydroxylation is 1. The van der Waals surface area contributed by atoms with Crippen molar-refractivity contribution in [3.63, 3.8) is 0 Å². The average Bonchev–Trinajstić information content (AvgIpc) is 2.98. The molecule has 2 heterocycles. The zero-order valence-corrected chi connectivity index (χ0v) is 14.8. The number of carbonyl (C=O) groups is 1. The molecule has 0 radical (unpaired) electrons. The van der Waals surface area contributed by atoms with Crippen molar-refractivity contribution in [1.29, 1.82) is 0 Å². The van der Waals surface area contributed by atoms with Crippen LogP contribution in [0, 0.1) is 0 Å². The summed E-state index contributed by atoms with van der Waals surface area (Å²) >= 11 is 6.00. The molecular weight excluding hydrogens is 332 g/mol. The highest BCUT2D eigenvalue weighted by Crippen LogP contribution is 2.30. The summed E-state index contributed by atoms with van der Waals surface area (Å²) in [6.07, 6.45) is 5.22. The van der Waals surface area contributed by atoms with Gasteiger partial charge in [0, 0.05) is 53.4 Å². The highest BCUT2D eigenvalue weighted by Gasteiger charge is 2.21. The topological polar surface area (TPSA) is 25.2 Å². The summed E-state index contributed by atoms with van der Waals surface area (Å²) in [5, 5.41) is 1.86. The molecule has 0 fully saturated rings. The van der Waals surface area contributed by atoms with E-state index in [4.69, 9.17) is 11.6 Å². The standard InChI is InChI=1S/C21H19ClN2O/c1-23-14-19(18-7-2-3-8-20(18)23)15-9-11-24(12-10-15)21(25)16-5-4-6-17(22)13-16/h2-9,13-14H,10-12H2,1H3. The highest BCUT2D eigenvalue weighted by atomic mass is 35.5. The molecule has 4 heteroatoms. The van der Waals surface area contributed by atoms with Crippen LogP contribution in [0.15, 0.2) is 60.8 Å². The molecule has 25 heavy (non-hydrogen) atoms. The molecule has 1 amide bonds. The van der Waals surface area contributed by atoms with Gasteiger partial charge in [-0.05, 0) is 36.3 Å². The summed E-state index contributed by atoms with van der Waals surface area (Å²) in [6.45, 7) is 1.35. The normalized spacial score (nSPS) is 14.6. The van der Waals surface area contributed by atoms with Crippen LogP contribution in [0.4, 0.5) is 0 Å². The lowest BCUT2D eigenvalue weighted by Gasteiger charge is -2.26. The van der Waals surface area contributed by atoms with E-state index in [-0.39, 0.29) is 5.91 Å². The number of amides is 1. The highest BCUT2D eigenvalue weighted by molar-refractivity contribution is 6.30. The molecular formula is C21H19ClN2O. The Morgan fingerprint density at radius 1 is 1.12 bits per heavy atom. The first-order valence-corrected chi connectivity index (χ1v) is 8.79. The van der Waals surface area contributed by atoms with Gasteiger partial charge < -0.3 is 9.47 Å². The lowest BCUT2D eigenvalue weighted by Crippen LogP contribution is -2.34. The van der Waals surface area contributed by atoms with E-state index in [1.54, 1.807) is 12.1 Å². The van der Waals surface area contributed by atoms with Gasteiger partial charge in [-0.25, -0.2) is 0 Å². The van der Waals surface area contributed by atoms with Crippen molar-refractivity contribution < 1.29 is 4.79 Å². The maximum atomic E-state index is 12.6. The Kier molecular flexibility index (Phi) is 4.10. The molecule has 1 aliphatic rings. The number of nitrogens with zero attached hydrogens (tertiary/aromatic N) is 2. The van der Waals surface area contributed by atoms with Gasteiger partial charge in [-0.15, -0.1) is 0 Å². The van der Waals surface area contributed by atoms with Gasteiger partial charge in [0.05, 0.1) is 0 Å². The van der Waals surface area contributed by atoms with Gasteiger partial charge in [0.15, 0.2) is 0 Å². The third-order valence-corrected chi connectivity index (χ3v) is 5.05. The summed E-state index contributed by atoms with van der Waals surface area (Å²) in [4.78, 5) is 14.5. The van der Waals surface area contributed by atoms with E-state index in [1.807, 2.05) is 17.0 Å². The van der Waals surface area contributed by atoms with Crippen LogP contribution in [-0.4, -0.2) is 28.5 Å². The second-order valence-corrected chi connectivity index (χ2v) is 6.85. The van der Waals surface area contributed by atoms with Crippen molar-refractivity contribution in [2.24, 2.45) is 7.05 Å². The van der Waals surface area contributed by atoms with Gasteiger partial charge in [0.1, 0.15) is 0 Å². The molecule has 4 rings (SSSR count). The molecule has 0 spiro atoms. The first-order valence-electron chi connectivity index (χ1n) is 8.42. The van der Waals surface area contributed by atoms with E-state index in [2.05, 4.69) is 48.2 Å². The summed E-state index contributed by atoms with van der Waals surface area (Å²) in [6, 6.07) is 15.6. The van der Waals surface area contributed by atoms with E-state index >= 15 is 0 Å². The second-order valence-electron chi connectivity index (χ2n) is 6.41. The minimum Gasteiger partial charge on any atom is -0.350 e. The van der Waals surface area contributed by atoms with Crippen LogP contribution in [-0.2, 0) is 7.05 Å². The maximum absolute atomic E-state index is 12.6. The number of hydrogen-bond donors (Lipinski definition) is 0. The van der Waals surface area contributed by atoms with Gasteiger partial charge in [-0.2, -0.15) is 0 Å². The van der Waals surface area contributed by atoms with E-state index < -0.39 is 0 Å². The minimum atomic E-state index is 0.0377. The lowest BCUT2D eigenvalue weighted by atomic mass is 9.98. The zero-order valence-electron chi connectivity index (χ0n) is 14.1. The summed E-state index contributed by atoms with van der Waals surface area (Å²) in [5.74, 6) is 0.0377. The molecule has 1 aliphatic heterocycles. The van der Waals surface area contributed by atoms with Crippen LogP contribution in [0.1, 0.15) is 22.3 Å². The van der Waals surface area contributed by atoms with Crippen molar-refractivity contribution in [2.45, 2.75) is 6.42 Å². The molecule has 2 aromatic carbocycles. The van der Waals surface area contributed by atoms with Crippen molar-refractivity contribution in [2.75, 3.05) is 13.1 Å². The van der Waals surface area contributed by atoms with E-state index in [0.29, 0.717) is 17.1 Å². The monoisotopic (exact) mass is 350 g/mol. The van der Waals surface area contributed by atoms with Crippen LogP contribution in [0.2, 0.25) is 5.02 Å². The predicted octanol–water partition coefficient (Wildman–Crippen LogP) is 4.76. The maximum Gasteiger partial charge on any atom is 0.254 e. The molecule has 126 valence electrons. The lowest BCUT2D eigenvalue weighted by molar-refractivity contribution is 0.0773. The third kappa shape index (κ3) is 2.96. The van der Waals surface area contributed by atoms with Crippen LogP contribution >= 0.6 is 11.6 Å². The molecule has 0 saturated carbocycles. The second kappa shape index (κ2) is 6.41. The fourth-order valence-electron chi connectivity index (χ4n) is 3.50. The van der Waals surface area contributed by atoms with Crippen molar-refractivity contribution in [3.8, 4) is 0 Å². The summed E-state index contributed by atoms with van der Waals surface area (Å²) < 4.78 is 2.16. The summed E-state index contributed by atoms with van der Waals surface area (Å²) in [5.41, 5.74) is 4.46. The average molecular weight is 351 g/mol. The fourth-order valence-corrected chi connectivity index (χ4v) is 3.69. The van der Waals surface area contributed by atoms with Gasteiger partial charge >= 0.3 is 0 Å². The van der Waals surface area contributed by atoms with Gasteiger partial charge in [-0.3, -0.25) is 4.79 Å². The van der Waals surface area contributed by atoms with E-state index in [1.165, 1.54) is 22.0 Å². The van der Waals surface area contributed by atoms with Crippen molar-refractivity contribution in [1.82, 2.24) is 9.47 Å². The van der Waals surface area contributed by atoms with Crippen molar-refractivity contribution >= 4 is 34.0 Å². The number of hydrogen-bond acceptors (Lipinski definition) is 1. The largest absolute Gasteiger partial charge is 0.350 e. The SMILES string of the molecule is Cn1cc(C2=CCN(C(=O)c3cccc(Cl)c3)CC2)c2ccccc21. The van der Waals surface area contributed by atoms with Crippen molar-refractivity contribution in [3.05, 3.63) is 77.0 Å². The Bertz CT molecular complexity index is 986. The first-order chi connectivity index (χ1) is 12.1. The third-order valence-electron chi connectivity index (χ3n) is 4.81. The molecule has 1 aromatic heterocycles. The van der Waals surface area contributed by atoms with Crippen LogP contribution in [0.3, 0.4) is 0 Å². The Hall–Kier alpha value is -2.52. The van der Waals surface area contributed by atoms with Crippen LogP contribution < -0.4 is 0 Å². The summed E-state index contributed by atoms with van der Waals surface area (Å²) in [7, 11) is 2.07. The smallest absolute Gasteiger partial charge is 0.254 e. The number of para-hydroxylation sites is 1. The number of rotatable bonds is 2. The molecule has 0 N–H and O–H groups in total. The Morgan fingerprint density at radius 2 is 1.96 bits per heavy atom. The number of benzene rings is 2. The Balaban J connectivity index is 1.59. The zero-order chi connectivity index (χ0) is 17.4. The van der Waals surface area contributed by atoms with Gasteiger partial charge in [0.2, 0.25) is 0 Å². The minimum absolute atomic E-state index is 0.0377. The molecule has 0 aliphatic carbocycles. The molecule has 3 nitrogen and oxygen atoms in total. The van der Waals surface area contributed by atoms with E-state index in [0.717, 1.165) is 13.0 Å². The van der Waals surface area contributed by atoms with Gasteiger partial charge in [-0.1, -0.05) is 41.9 Å². The quantitative estimate of drug-likeness (QED) is 0.654. The molecule has 0 atom stereocenters. The number of aromatic nitrogens is 1. The number of halogens is 1. The van der Waals surface area contributed by atoms with Crippen LogP contribution in [0.5, 0.6) is 0 Å². The van der Waals surface area contributed by atoms with Crippen LogP contribution in [0.25, 0.3) is 16.5 Å². The Morgan fingerprint density at radius 3 is 2.72 bits per heavy atom. The Labute approximate surface area is 152 Å². The number of fused-ring (bicyclic) bond motifs is 1. The molecule has 0 bridgehead atoms. The molecule has 0 saturated heterocycles. The van der Waals surface area contributed by atoms with E-state index in [9.17, 15) is 4.79 Å². The first kappa shape index (κ1) is 16.0. The molecule has 0 unspecified atom stereocenters. The molecule has 3 aromatic rings. The predicted molar refractivity (Wildman–Crippen MR) is 103 cm³/mol.